The van der Waals surface area contributed by atoms with Gasteiger partial charge in [0.2, 0.25) is 0 Å². The number of hydrogen-bond acceptors (Lipinski definition) is 3. The highest BCUT2D eigenvalue weighted by atomic mass is 16.5. The Balaban J connectivity index is 2.02. The maximum Gasteiger partial charge on any atom is 0.0599 e. The zero-order chi connectivity index (χ0) is 15.1. The van der Waals surface area contributed by atoms with Crippen molar-refractivity contribution in [3.63, 3.8) is 0 Å². The smallest absolute Gasteiger partial charge is 0.0599 e. The van der Waals surface area contributed by atoms with Crippen molar-refractivity contribution < 1.29 is 4.74 Å². The number of rotatable bonds is 7. The normalized spacial score (nSPS) is 20.3. The summed E-state index contributed by atoms with van der Waals surface area (Å²) in [4.78, 5) is 2.64. The van der Waals surface area contributed by atoms with Crippen LogP contribution in [0.3, 0.4) is 0 Å². The van der Waals surface area contributed by atoms with Crippen LogP contribution in [0.5, 0.6) is 0 Å². The van der Waals surface area contributed by atoms with E-state index in [-0.39, 0.29) is 0 Å². The predicted octanol–water partition coefficient (Wildman–Crippen LogP) is 3.23. The van der Waals surface area contributed by atoms with Crippen molar-refractivity contribution in [2.45, 2.75) is 51.3 Å². The molecule has 1 heterocycles. The lowest BCUT2D eigenvalue weighted by Crippen LogP contribution is -2.48. The number of nitrogens with one attached hydrogen (secondary N) is 1. The highest BCUT2D eigenvalue weighted by Crippen LogP contribution is 2.26. The van der Waals surface area contributed by atoms with Crippen molar-refractivity contribution in [2.75, 3.05) is 26.7 Å². The van der Waals surface area contributed by atoms with Crippen LogP contribution in [0.4, 0.5) is 0 Å². The molecule has 0 aliphatic carbocycles. The van der Waals surface area contributed by atoms with E-state index in [0.29, 0.717) is 18.2 Å². The quantitative estimate of drug-likeness (QED) is 0.834. The van der Waals surface area contributed by atoms with Crippen molar-refractivity contribution in [1.82, 2.24) is 10.2 Å². The molecule has 1 saturated heterocycles. The molecule has 2 unspecified atom stereocenters. The molecule has 1 fully saturated rings. The van der Waals surface area contributed by atoms with Crippen LogP contribution in [0.15, 0.2) is 30.3 Å². The van der Waals surface area contributed by atoms with E-state index in [9.17, 15) is 0 Å². The van der Waals surface area contributed by atoms with Crippen LogP contribution < -0.4 is 5.32 Å². The predicted molar refractivity (Wildman–Crippen MR) is 88.5 cm³/mol. The van der Waals surface area contributed by atoms with Crippen LogP contribution in [0, 0.1) is 0 Å². The topological polar surface area (TPSA) is 24.5 Å². The lowest BCUT2D eigenvalue weighted by molar-refractivity contribution is -0.00111. The maximum atomic E-state index is 5.77. The van der Waals surface area contributed by atoms with Gasteiger partial charge in [0.1, 0.15) is 0 Å². The van der Waals surface area contributed by atoms with Crippen LogP contribution >= 0.6 is 0 Å². The fourth-order valence-electron chi connectivity index (χ4n) is 3.56. The first-order valence-electron chi connectivity index (χ1n) is 8.38. The van der Waals surface area contributed by atoms with Gasteiger partial charge in [0.25, 0.3) is 0 Å². The van der Waals surface area contributed by atoms with Gasteiger partial charge in [-0.05, 0) is 38.8 Å². The van der Waals surface area contributed by atoms with E-state index in [0.717, 1.165) is 32.5 Å². The Morgan fingerprint density at radius 1 is 1.19 bits per heavy atom. The zero-order valence-electron chi connectivity index (χ0n) is 13.7. The molecule has 118 valence electrons. The highest BCUT2D eigenvalue weighted by Gasteiger charge is 2.29. The largest absolute Gasteiger partial charge is 0.378 e. The second-order valence-corrected chi connectivity index (χ2v) is 5.84. The number of ether oxygens (including phenoxy) is 1. The highest BCUT2D eigenvalue weighted by molar-refractivity contribution is 5.20. The molecule has 1 aliphatic rings. The standard InChI is InChI=1S/C18H30N2O/c1-4-17(18(19-3)15-9-7-6-8-10-15)20-13-11-16(12-14-20)21-5-2/h6-10,16-19H,4-5,11-14H2,1-3H3. The Bertz CT molecular complexity index is 387. The van der Waals surface area contributed by atoms with E-state index in [4.69, 9.17) is 4.74 Å². The third-order valence-electron chi connectivity index (χ3n) is 4.62. The number of nitrogens with zero attached hydrogens (tertiary/aromatic N) is 1. The monoisotopic (exact) mass is 290 g/mol. The fourth-order valence-corrected chi connectivity index (χ4v) is 3.56. The van der Waals surface area contributed by atoms with Gasteiger partial charge >= 0.3 is 0 Å². The molecule has 1 N–H and O–H groups in total. The van der Waals surface area contributed by atoms with Crippen molar-refractivity contribution in [2.24, 2.45) is 0 Å². The number of likely N-dealkylation sites (N-methyl/N-ethyl adjacent to an activating group) is 1. The van der Waals surface area contributed by atoms with Crippen molar-refractivity contribution in [3.05, 3.63) is 35.9 Å². The Kier molecular flexibility index (Phi) is 6.68. The first kappa shape index (κ1) is 16.5. The molecule has 3 heteroatoms. The summed E-state index contributed by atoms with van der Waals surface area (Å²) in [5, 5.41) is 3.53. The molecule has 0 amide bonds. The first-order chi connectivity index (χ1) is 10.3. The molecule has 0 saturated carbocycles. The number of likely N-dealkylation sites (tertiary alicyclic amines) is 1. The molecule has 1 aromatic carbocycles. The molecule has 2 rings (SSSR count). The van der Waals surface area contributed by atoms with Gasteiger partial charge in [-0.25, -0.2) is 0 Å². The summed E-state index contributed by atoms with van der Waals surface area (Å²) < 4.78 is 5.77. The summed E-state index contributed by atoms with van der Waals surface area (Å²) in [7, 11) is 2.08. The minimum absolute atomic E-state index is 0.403. The van der Waals surface area contributed by atoms with Crippen LogP contribution in [0.1, 0.15) is 44.7 Å². The minimum Gasteiger partial charge on any atom is -0.378 e. The van der Waals surface area contributed by atoms with Gasteiger partial charge in [-0.2, -0.15) is 0 Å². The molecule has 21 heavy (non-hydrogen) atoms. The van der Waals surface area contributed by atoms with Gasteiger partial charge in [0.15, 0.2) is 0 Å². The summed E-state index contributed by atoms with van der Waals surface area (Å²) in [5.74, 6) is 0. The second kappa shape index (κ2) is 8.52. The first-order valence-corrected chi connectivity index (χ1v) is 8.38. The molecule has 0 radical (unpaired) electrons. The van der Waals surface area contributed by atoms with Gasteiger partial charge in [-0.1, -0.05) is 37.3 Å². The third kappa shape index (κ3) is 4.29. The molecule has 1 aromatic rings. The molecule has 0 spiro atoms. The number of hydrogen-bond donors (Lipinski definition) is 1. The van der Waals surface area contributed by atoms with Gasteiger partial charge in [0.05, 0.1) is 6.10 Å². The lowest BCUT2D eigenvalue weighted by Gasteiger charge is -2.41. The van der Waals surface area contributed by atoms with Gasteiger partial charge in [-0.15, -0.1) is 0 Å². The molecule has 0 aromatic heterocycles. The maximum absolute atomic E-state index is 5.77. The Hall–Kier alpha value is -0.900. The van der Waals surface area contributed by atoms with Crippen molar-refractivity contribution >= 4 is 0 Å². The van der Waals surface area contributed by atoms with E-state index in [1.54, 1.807) is 0 Å². The zero-order valence-corrected chi connectivity index (χ0v) is 13.7. The SMILES string of the molecule is CCOC1CCN(C(CC)C(NC)c2ccccc2)CC1. The second-order valence-electron chi connectivity index (χ2n) is 5.84. The van der Waals surface area contributed by atoms with Crippen LogP contribution in [0.2, 0.25) is 0 Å². The summed E-state index contributed by atoms with van der Waals surface area (Å²) in [6, 6.07) is 11.8. The number of piperidine rings is 1. The van der Waals surface area contributed by atoms with Crippen LogP contribution in [-0.2, 0) is 4.74 Å². The van der Waals surface area contributed by atoms with E-state index < -0.39 is 0 Å². The number of benzene rings is 1. The van der Waals surface area contributed by atoms with Gasteiger partial charge < -0.3 is 10.1 Å². The molecule has 2 atom stereocenters. The van der Waals surface area contributed by atoms with Crippen molar-refractivity contribution in [3.8, 4) is 0 Å². The summed E-state index contributed by atoms with van der Waals surface area (Å²) >= 11 is 0. The van der Waals surface area contributed by atoms with Gasteiger partial charge in [0, 0.05) is 31.8 Å². The molecule has 0 bridgehead atoms. The van der Waals surface area contributed by atoms with Crippen LogP contribution in [-0.4, -0.2) is 43.8 Å². The molecule has 3 nitrogen and oxygen atoms in total. The van der Waals surface area contributed by atoms with Crippen molar-refractivity contribution in [1.29, 1.82) is 0 Å². The Labute approximate surface area is 129 Å². The van der Waals surface area contributed by atoms with E-state index in [1.165, 1.54) is 12.0 Å². The Morgan fingerprint density at radius 2 is 1.86 bits per heavy atom. The third-order valence-corrected chi connectivity index (χ3v) is 4.62. The summed E-state index contributed by atoms with van der Waals surface area (Å²) in [5.41, 5.74) is 1.39. The average molecular weight is 290 g/mol. The van der Waals surface area contributed by atoms with E-state index >= 15 is 0 Å². The fraction of sp³-hybridized carbons (Fsp3) is 0.667. The molecule has 1 aliphatic heterocycles. The van der Waals surface area contributed by atoms with E-state index in [1.807, 2.05) is 0 Å². The summed E-state index contributed by atoms with van der Waals surface area (Å²) in [6.45, 7) is 7.52. The minimum atomic E-state index is 0.403. The van der Waals surface area contributed by atoms with E-state index in [2.05, 4.69) is 61.4 Å². The average Bonchev–Trinajstić information content (AvgIpc) is 2.54. The molecular formula is C18H30N2O. The Morgan fingerprint density at radius 3 is 2.38 bits per heavy atom. The van der Waals surface area contributed by atoms with Crippen LogP contribution in [0.25, 0.3) is 0 Å². The lowest BCUT2D eigenvalue weighted by atomic mass is 9.94. The summed E-state index contributed by atoms with van der Waals surface area (Å²) in [6.07, 6.45) is 3.96. The molecular weight excluding hydrogens is 260 g/mol. The van der Waals surface area contributed by atoms with Gasteiger partial charge in [-0.3, -0.25) is 4.90 Å².